The molecule has 3 aliphatic rings. The normalized spacial score (nSPS) is 32.0. The largest absolute Gasteiger partial charge is 0.457 e. The van der Waals surface area contributed by atoms with Crippen molar-refractivity contribution in [3.63, 3.8) is 0 Å². The van der Waals surface area contributed by atoms with Gasteiger partial charge >= 0.3 is 5.97 Å². The summed E-state index contributed by atoms with van der Waals surface area (Å²) in [6, 6.07) is 28.7. The van der Waals surface area contributed by atoms with Crippen LogP contribution in [0.2, 0.25) is 0 Å². The number of rotatable bonds is 12. The van der Waals surface area contributed by atoms with E-state index in [0.717, 1.165) is 16.7 Å². The standard InChI is InChI=1S/C35H39N3O8/c1-22-30(40-19-25-14-8-4-9-15-25)31(43-23(2)39)27(18-24-12-6-3-7-13-24)44-34(22)46-32-28-21-42-35(45-28)29(37-38-36)33(32)41-20-26-16-10-5-11-17-26/h3-17,22,27-35H,18-21H2,1-2H3/t22?,27?,28?,29?,30-,31+,32+,33-,34-,35+/m0/s1. The van der Waals surface area contributed by atoms with Gasteiger partial charge in [-0.25, -0.2) is 0 Å². The van der Waals surface area contributed by atoms with E-state index >= 15 is 0 Å². The van der Waals surface area contributed by atoms with Crippen molar-refractivity contribution < 1.29 is 38.0 Å². The molecule has 6 rings (SSSR count). The van der Waals surface area contributed by atoms with Gasteiger partial charge in [-0.1, -0.05) is 103 Å². The molecule has 3 fully saturated rings. The predicted octanol–water partition coefficient (Wildman–Crippen LogP) is 5.51. The zero-order chi connectivity index (χ0) is 31.9. The summed E-state index contributed by atoms with van der Waals surface area (Å²) in [5.74, 6) is -0.805. The van der Waals surface area contributed by atoms with E-state index in [4.69, 9.17) is 33.2 Å². The first-order valence-electron chi connectivity index (χ1n) is 15.6. The molecule has 0 spiro atoms. The van der Waals surface area contributed by atoms with Crippen LogP contribution in [0.3, 0.4) is 0 Å². The van der Waals surface area contributed by atoms with Crippen LogP contribution in [0.1, 0.15) is 30.5 Å². The van der Waals surface area contributed by atoms with E-state index in [1.54, 1.807) is 0 Å². The first-order chi connectivity index (χ1) is 22.5. The second kappa shape index (κ2) is 15.2. The molecule has 46 heavy (non-hydrogen) atoms. The molecule has 2 bridgehead atoms. The first kappa shape index (κ1) is 32.2. The van der Waals surface area contributed by atoms with Crippen LogP contribution in [0.15, 0.2) is 96.1 Å². The van der Waals surface area contributed by atoms with Gasteiger partial charge in [0.15, 0.2) is 18.7 Å². The van der Waals surface area contributed by atoms with Crippen LogP contribution < -0.4 is 0 Å². The van der Waals surface area contributed by atoms with Crippen LogP contribution in [0.4, 0.5) is 0 Å². The second-order valence-corrected chi connectivity index (χ2v) is 11.9. The third kappa shape index (κ3) is 7.59. The van der Waals surface area contributed by atoms with Gasteiger partial charge in [0, 0.05) is 24.2 Å². The van der Waals surface area contributed by atoms with Crippen molar-refractivity contribution in [3.05, 3.63) is 118 Å². The number of nitrogens with zero attached hydrogens (tertiary/aromatic N) is 3. The van der Waals surface area contributed by atoms with E-state index in [2.05, 4.69) is 10.0 Å². The molecule has 0 amide bonds. The van der Waals surface area contributed by atoms with Crippen LogP contribution in [-0.2, 0) is 57.6 Å². The lowest BCUT2D eigenvalue weighted by atomic mass is 9.88. The van der Waals surface area contributed by atoms with Gasteiger partial charge in [0.25, 0.3) is 0 Å². The summed E-state index contributed by atoms with van der Waals surface area (Å²) in [6.45, 7) is 4.18. The summed E-state index contributed by atoms with van der Waals surface area (Å²) in [7, 11) is 0. The summed E-state index contributed by atoms with van der Waals surface area (Å²) >= 11 is 0. The summed E-state index contributed by atoms with van der Waals surface area (Å²) in [6.07, 6.45) is -4.78. The van der Waals surface area contributed by atoms with Crippen molar-refractivity contribution in [2.75, 3.05) is 6.61 Å². The minimum Gasteiger partial charge on any atom is -0.457 e. The number of ether oxygens (including phenoxy) is 7. The Bertz CT molecular complexity index is 1460. The number of esters is 1. The van der Waals surface area contributed by atoms with Gasteiger partial charge in [0.2, 0.25) is 0 Å². The topological polar surface area (TPSA) is 130 Å². The molecule has 3 aromatic carbocycles. The lowest BCUT2D eigenvalue weighted by molar-refractivity contribution is -0.323. The van der Waals surface area contributed by atoms with Crippen LogP contribution in [-0.4, -0.2) is 67.8 Å². The van der Waals surface area contributed by atoms with Crippen molar-refractivity contribution in [2.24, 2.45) is 11.0 Å². The Morgan fingerprint density at radius 3 is 2.00 bits per heavy atom. The Balaban J connectivity index is 1.29. The maximum absolute atomic E-state index is 12.4. The molecule has 0 N–H and O–H groups in total. The highest BCUT2D eigenvalue weighted by Gasteiger charge is 2.55. The van der Waals surface area contributed by atoms with E-state index in [1.165, 1.54) is 6.92 Å². The first-order valence-corrected chi connectivity index (χ1v) is 15.6. The molecule has 242 valence electrons. The molecular weight excluding hydrogens is 590 g/mol. The molecule has 0 saturated carbocycles. The Morgan fingerprint density at radius 1 is 0.826 bits per heavy atom. The minimum absolute atomic E-state index is 0.247. The molecule has 3 aromatic rings. The fourth-order valence-electron chi connectivity index (χ4n) is 6.37. The predicted molar refractivity (Wildman–Crippen MR) is 166 cm³/mol. The molecule has 4 unspecified atom stereocenters. The number of carbonyl (C=O) groups excluding carboxylic acids is 1. The lowest BCUT2D eigenvalue weighted by Gasteiger charge is -2.47. The summed E-state index contributed by atoms with van der Waals surface area (Å²) in [4.78, 5) is 15.5. The average Bonchev–Trinajstić information content (AvgIpc) is 3.51. The Hall–Kier alpha value is -3.80. The highest BCUT2D eigenvalue weighted by molar-refractivity contribution is 5.66. The molecule has 11 heteroatoms. The molecular formula is C35H39N3O8. The van der Waals surface area contributed by atoms with Gasteiger partial charge < -0.3 is 33.2 Å². The molecule has 0 aliphatic carbocycles. The van der Waals surface area contributed by atoms with Crippen LogP contribution >= 0.6 is 0 Å². The van der Waals surface area contributed by atoms with Gasteiger partial charge in [-0.05, 0) is 22.2 Å². The smallest absolute Gasteiger partial charge is 0.303 e. The maximum atomic E-state index is 12.4. The molecule has 3 heterocycles. The van der Waals surface area contributed by atoms with Gasteiger partial charge in [-0.15, -0.1) is 0 Å². The summed E-state index contributed by atoms with van der Waals surface area (Å²) in [5, 5.41) is 4.01. The summed E-state index contributed by atoms with van der Waals surface area (Å²) in [5.41, 5.74) is 12.4. The highest BCUT2D eigenvalue weighted by Crippen LogP contribution is 2.39. The van der Waals surface area contributed by atoms with Crippen molar-refractivity contribution in [1.29, 1.82) is 0 Å². The van der Waals surface area contributed by atoms with Crippen LogP contribution in [0.25, 0.3) is 10.4 Å². The number of hydrogen-bond acceptors (Lipinski definition) is 9. The van der Waals surface area contributed by atoms with Crippen molar-refractivity contribution in [3.8, 4) is 0 Å². The van der Waals surface area contributed by atoms with Crippen molar-refractivity contribution in [1.82, 2.24) is 0 Å². The van der Waals surface area contributed by atoms with Crippen molar-refractivity contribution >= 4 is 5.97 Å². The van der Waals surface area contributed by atoms with Gasteiger partial charge in [0.05, 0.1) is 19.8 Å². The third-order valence-corrected chi connectivity index (χ3v) is 8.61. The second-order valence-electron chi connectivity index (χ2n) is 11.9. The van der Waals surface area contributed by atoms with E-state index in [1.807, 2.05) is 97.9 Å². The number of carbonyl (C=O) groups is 1. The SMILES string of the molecule is CC(=O)O[C@@H]1C(Cc2ccccc2)O[C@@H](O[C@@H]2C3CO[C@H](O3)C(N=[N+]=[N-])[C@@H]2OCc2ccccc2)C(C)[C@@H]1OCc1ccccc1. The highest BCUT2D eigenvalue weighted by atomic mass is 16.8. The monoisotopic (exact) mass is 629 g/mol. The Morgan fingerprint density at radius 2 is 1.41 bits per heavy atom. The quantitative estimate of drug-likeness (QED) is 0.111. The number of azide groups is 1. The number of hydrogen-bond donors (Lipinski definition) is 0. The molecule has 0 radical (unpaired) electrons. The third-order valence-electron chi connectivity index (χ3n) is 8.61. The maximum Gasteiger partial charge on any atom is 0.303 e. The zero-order valence-electron chi connectivity index (χ0n) is 25.9. The Kier molecular flexibility index (Phi) is 10.6. The molecule has 3 aliphatic heterocycles. The van der Waals surface area contributed by atoms with Gasteiger partial charge in [-0.3, -0.25) is 4.79 Å². The van der Waals surface area contributed by atoms with E-state index < -0.39 is 61.2 Å². The molecule has 0 aromatic heterocycles. The van der Waals surface area contributed by atoms with Crippen LogP contribution in [0.5, 0.6) is 0 Å². The van der Waals surface area contributed by atoms with E-state index in [0.29, 0.717) is 13.0 Å². The summed E-state index contributed by atoms with van der Waals surface area (Å²) < 4.78 is 44.4. The lowest BCUT2D eigenvalue weighted by Crippen LogP contribution is -2.61. The molecule has 3 saturated heterocycles. The van der Waals surface area contributed by atoms with Crippen molar-refractivity contribution in [2.45, 2.75) is 88.7 Å². The fourth-order valence-corrected chi connectivity index (χ4v) is 6.37. The van der Waals surface area contributed by atoms with Gasteiger partial charge in [-0.2, -0.15) is 0 Å². The van der Waals surface area contributed by atoms with E-state index in [9.17, 15) is 10.3 Å². The zero-order valence-corrected chi connectivity index (χ0v) is 25.9. The fraction of sp³-hybridized carbons (Fsp3) is 0.457. The number of benzene rings is 3. The van der Waals surface area contributed by atoms with E-state index in [-0.39, 0.29) is 19.1 Å². The minimum atomic E-state index is -0.804. The van der Waals surface area contributed by atoms with Gasteiger partial charge in [0.1, 0.15) is 36.6 Å². The molecule has 11 nitrogen and oxygen atoms in total. The average molecular weight is 630 g/mol. The van der Waals surface area contributed by atoms with Crippen LogP contribution in [0, 0.1) is 5.92 Å². The Labute approximate surface area is 268 Å². The number of fused-ring (bicyclic) bond motifs is 2. The molecule has 10 atom stereocenters.